The van der Waals surface area contributed by atoms with Crippen LogP contribution in [-0.2, 0) is 99.6 Å². The SMILES string of the molecule is COCCOCCOCCOCCNc1ccc2c(S(=O)(=O)O)cc(S(=O)(=O)O)cc2c1C(C)(C/C=C/C1=C(Cl)C(=C/C=C2/N(CCCC(=O)ON3C(=O)CCC3=O)c3ccc4c(S(=O)(=O)O)cc(S(=O)(=O)O)cc4c3C2(C)C)/CCC1)CCCS(=O)(=O)O. The zero-order valence-electron chi connectivity index (χ0n) is 49.0. The number of hydrogen-bond donors (Lipinski definition) is 6. The molecule has 0 aromatic heterocycles. The molecule has 1 atom stereocenters. The smallest absolute Gasteiger partial charge is 0.333 e. The Morgan fingerprint density at radius 3 is 1.83 bits per heavy atom. The Bertz CT molecular complexity index is 4110. The van der Waals surface area contributed by atoms with Crippen LogP contribution in [0.3, 0.4) is 0 Å². The average molecular weight is 1360 g/mol. The van der Waals surface area contributed by atoms with Gasteiger partial charge in [0.1, 0.15) is 9.79 Å². The highest BCUT2D eigenvalue weighted by molar-refractivity contribution is 7.87. The lowest BCUT2D eigenvalue weighted by molar-refractivity contribution is -0.197. The Labute approximate surface area is 521 Å². The minimum atomic E-state index is -5.17. The summed E-state index contributed by atoms with van der Waals surface area (Å²) in [4.78, 5) is 41.0. The highest BCUT2D eigenvalue weighted by Gasteiger charge is 2.43. The number of benzene rings is 4. The van der Waals surface area contributed by atoms with Gasteiger partial charge in [0, 0.05) is 77.8 Å². The van der Waals surface area contributed by atoms with Crippen LogP contribution < -0.4 is 10.2 Å². The van der Waals surface area contributed by atoms with Gasteiger partial charge < -0.3 is 34.0 Å². The van der Waals surface area contributed by atoms with E-state index in [1.165, 1.54) is 18.2 Å². The normalized spacial score (nSPS) is 17.7. The van der Waals surface area contributed by atoms with Crippen molar-refractivity contribution in [2.75, 3.05) is 82.4 Å². The second-order valence-electron chi connectivity index (χ2n) is 22.1. The summed E-state index contributed by atoms with van der Waals surface area (Å²) >= 11 is 7.26. The second kappa shape index (κ2) is 28.8. The molecule has 2 amide bonds. The Kier molecular flexibility index (Phi) is 22.9. The summed E-state index contributed by atoms with van der Waals surface area (Å²) in [6.07, 6.45) is 7.74. The van der Waals surface area contributed by atoms with E-state index in [2.05, 4.69) is 5.32 Å². The van der Waals surface area contributed by atoms with E-state index in [0.717, 1.165) is 12.1 Å². The molecule has 3 aliphatic rings. The fourth-order valence-corrected chi connectivity index (χ4v) is 14.7. The van der Waals surface area contributed by atoms with Crippen molar-refractivity contribution in [3.8, 4) is 0 Å². The summed E-state index contributed by atoms with van der Waals surface area (Å²) in [5.74, 6) is -2.93. The molecule has 488 valence electrons. The van der Waals surface area contributed by atoms with Gasteiger partial charge in [0.05, 0.1) is 61.8 Å². The van der Waals surface area contributed by atoms with Crippen LogP contribution in [0.25, 0.3) is 21.5 Å². The second-order valence-corrected chi connectivity index (χ2v) is 29.6. The number of nitrogens with one attached hydrogen (secondary N) is 1. The van der Waals surface area contributed by atoms with Crippen LogP contribution in [-0.4, -0.2) is 160 Å². The number of carbonyl (C=O) groups excluding carboxylic acids is 3. The van der Waals surface area contributed by atoms with E-state index in [4.69, 9.17) is 35.4 Å². The Morgan fingerprint density at radius 2 is 1.26 bits per heavy atom. The number of fused-ring (bicyclic) bond motifs is 4. The van der Waals surface area contributed by atoms with Gasteiger partial charge in [0.15, 0.2) is 0 Å². The number of halogens is 1. The molecule has 2 aliphatic heterocycles. The standard InChI is InChI=1S/C57H70ClN3O23S5/c1-56(2)49(60(24-7-12-52(64)84-61-50(62)19-20-51(61)63)46-17-15-42-44(54(46)56)34-40(87(71,72)73)36-48(42)89(77,78)79)18-13-38-10-5-9-37(55(38)58)11-6-21-57(3,22-8-32-85(65,66)67)53-43-33-39(86(68,69)70)35-47(88(74,75)76)41(43)14-16-45(53)59-23-25-81-28-29-83-31-30-82-27-26-80-4/h6,11,13-18,33-36,59H,5,7-10,12,19-32H2,1-4H3,(H,65,66,67)(H,68,69,70)(H,71,72,73)(H,74,75,76)(H,77,78,79)/b11-6+,38-13+,49-18+. The van der Waals surface area contributed by atoms with Gasteiger partial charge in [-0.3, -0.25) is 32.4 Å². The molecular formula is C57H70ClN3O23S5. The Morgan fingerprint density at radius 1 is 0.697 bits per heavy atom. The maximum atomic E-state index is 13.0. The topological polar surface area (TPSA) is 388 Å². The lowest BCUT2D eigenvalue weighted by atomic mass is 9.73. The third-order valence-corrected chi connectivity index (χ3v) is 20.1. The molecule has 6 N–H and O–H groups in total. The summed E-state index contributed by atoms with van der Waals surface area (Å²) < 4.78 is 199. The van der Waals surface area contributed by atoms with Gasteiger partial charge in [-0.15, -0.1) is 5.06 Å². The highest BCUT2D eigenvalue weighted by atomic mass is 35.5. The number of hydroxylamine groups is 2. The van der Waals surface area contributed by atoms with Crippen LogP contribution in [0.5, 0.6) is 0 Å². The molecule has 7 rings (SSSR count). The fraction of sp³-hybridized carbons (Fsp3) is 0.456. The highest BCUT2D eigenvalue weighted by Crippen LogP contribution is 2.52. The van der Waals surface area contributed by atoms with Crippen molar-refractivity contribution in [2.45, 2.75) is 115 Å². The molecule has 1 saturated heterocycles. The molecule has 4 aromatic rings. The lowest BCUT2D eigenvalue weighted by Gasteiger charge is -2.33. The molecular weight excluding hydrogens is 1290 g/mol. The molecule has 0 radical (unpaired) electrons. The van der Waals surface area contributed by atoms with Crippen LogP contribution in [0.15, 0.2) is 114 Å². The molecule has 89 heavy (non-hydrogen) atoms. The quantitative estimate of drug-likeness (QED) is 0.0160. The van der Waals surface area contributed by atoms with Crippen molar-refractivity contribution in [1.82, 2.24) is 5.06 Å². The maximum Gasteiger partial charge on any atom is 0.333 e. The van der Waals surface area contributed by atoms with Crippen LogP contribution in [0.4, 0.5) is 11.4 Å². The first kappa shape index (κ1) is 70.7. The Hall–Kier alpha value is -5.75. The van der Waals surface area contributed by atoms with Crippen molar-refractivity contribution in [3.05, 3.63) is 106 Å². The van der Waals surface area contributed by atoms with E-state index < -0.39 is 105 Å². The van der Waals surface area contributed by atoms with Crippen molar-refractivity contribution in [1.29, 1.82) is 0 Å². The zero-order chi connectivity index (χ0) is 65.5. The van der Waals surface area contributed by atoms with E-state index in [9.17, 15) is 79.2 Å². The maximum absolute atomic E-state index is 13.0. The molecule has 0 spiro atoms. The summed E-state index contributed by atoms with van der Waals surface area (Å²) in [6, 6.07) is 9.13. The first-order valence-corrected chi connectivity index (χ1v) is 35.7. The molecule has 4 aromatic carbocycles. The van der Waals surface area contributed by atoms with Gasteiger partial charge in [0.2, 0.25) is 0 Å². The third-order valence-electron chi connectivity index (χ3n) is 15.3. The van der Waals surface area contributed by atoms with E-state index in [1.54, 1.807) is 63.2 Å². The number of allylic oxidation sites excluding steroid dienone is 8. The molecule has 32 heteroatoms. The summed E-state index contributed by atoms with van der Waals surface area (Å²) in [6.45, 7) is 7.41. The van der Waals surface area contributed by atoms with Crippen molar-refractivity contribution in [3.63, 3.8) is 0 Å². The van der Waals surface area contributed by atoms with E-state index in [1.807, 2.05) is 0 Å². The van der Waals surface area contributed by atoms with Gasteiger partial charge >= 0.3 is 5.97 Å². The molecule has 2 heterocycles. The predicted molar refractivity (Wildman–Crippen MR) is 326 cm³/mol. The van der Waals surface area contributed by atoms with Crippen molar-refractivity contribution in [2.24, 2.45) is 0 Å². The summed E-state index contributed by atoms with van der Waals surface area (Å²) in [5.41, 5.74) is 0.684. The summed E-state index contributed by atoms with van der Waals surface area (Å²) in [7, 11) is -23.4. The first-order valence-electron chi connectivity index (χ1n) is 27.9. The van der Waals surface area contributed by atoms with Gasteiger partial charge in [-0.2, -0.15) is 42.1 Å². The monoisotopic (exact) mass is 1360 g/mol. The number of methoxy groups -OCH3 is 1. The van der Waals surface area contributed by atoms with E-state index in [-0.39, 0.29) is 105 Å². The molecule has 26 nitrogen and oxygen atoms in total. The number of carbonyl (C=O) groups is 3. The number of imide groups is 1. The van der Waals surface area contributed by atoms with Gasteiger partial charge in [-0.1, -0.05) is 62.7 Å². The minimum absolute atomic E-state index is 0.00944. The Balaban J connectivity index is 1.27. The van der Waals surface area contributed by atoms with Crippen molar-refractivity contribution >= 4 is 113 Å². The molecule has 1 unspecified atom stereocenters. The number of hydrogen-bond acceptors (Lipinski definition) is 20. The van der Waals surface area contributed by atoms with Gasteiger partial charge in [-0.25, -0.2) is 4.79 Å². The largest absolute Gasteiger partial charge is 0.382 e. The average Bonchev–Trinajstić information content (AvgIpc) is 1.67. The first-order chi connectivity index (χ1) is 41.6. The minimum Gasteiger partial charge on any atom is -0.382 e. The van der Waals surface area contributed by atoms with Gasteiger partial charge in [-0.05, 0) is 126 Å². The molecule has 0 bridgehead atoms. The predicted octanol–water partition coefficient (Wildman–Crippen LogP) is 7.63. The van der Waals surface area contributed by atoms with Crippen LogP contribution in [0.1, 0.15) is 96.1 Å². The molecule has 0 saturated carbocycles. The number of ether oxygens (including phenoxy) is 4. The van der Waals surface area contributed by atoms with Crippen LogP contribution >= 0.6 is 11.6 Å². The fourth-order valence-electron chi connectivity index (χ4n) is 11.2. The van der Waals surface area contributed by atoms with Gasteiger partial charge in [0.25, 0.3) is 62.4 Å². The van der Waals surface area contributed by atoms with E-state index >= 15 is 0 Å². The number of rotatable bonds is 31. The molecule has 1 aliphatic carbocycles. The van der Waals surface area contributed by atoms with E-state index in [0.29, 0.717) is 102 Å². The van der Waals surface area contributed by atoms with Crippen LogP contribution in [0, 0.1) is 0 Å². The number of anilines is 2. The lowest BCUT2D eigenvalue weighted by Crippen LogP contribution is -2.32. The summed E-state index contributed by atoms with van der Waals surface area (Å²) in [5, 5.41) is 3.77. The number of amides is 2. The molecule has 1 fully saturated rings. The zero-order valence-corrected chi connectivity index (χ0v) is 53.8. The van der Waals surface area contributed by atoms with Crippen LogP contribution in [0.2, 0.25) is 0 Å². The third kappa shape index (κ3) is 17.6. The number of nitrogens with zero attached hydrogens (tertiary/aromatic N) is 2. The van der Waals surface area contributed by atoms with Crippen molar-refractivity contribution < 1.29 is 103 Å².